The second kappa shape index (κ2) is 5.86. The van der Waals surface area contributed by atoms with Crippen LogP contribution in [-0.2, 0) is 0 Å². The predicted molar refractivity (Wildman–Crippen MR) is 83.3 cm³/mol. The van der Waals surface area contributed by atoms with Crippen molar-refractivity contribution in [3.8, 4) is 5.75 Å². The van der Waals surface area contributed by atoms with Crippen molar-refractivity contribution in [2.45, 2.75) is 27.2 Å². The van der Waals surface area contributed by atoms with E-state index >= 15 is 0 Å². The molecule has 20 heavy (non-hydrogen) atoms. The number of hydrogen-bond acceptors (Lipinski definition) is 3. The Balaban J connectivity index is 2.31. The van der Waals surface area contributed by atoms with E-state index in [2.05, 4.69) is 20.8 Å². The van der Waals surface area contributed by atoms with E-state index in [0.29, 0.717) is 17.8 Å². The van der Waals surface area contributed by atoms with Gasteiger partial charge in [-0.05, 0) is 28.7 Å². The molecule has 0 aromatic heterocycles. The fourth-order valence-electron chi connectivity index (χ4n) is 2.13. The summed E-state index contributed by atoms with van der Waals surface area (Å²) in [4.78, 5) is 0. The quantitative estimate of drug-likeness (QED) is 0.840. The minimum atomic E-state index is -1.54. The average Bonchev–Trinajstić information content (AvgIpc) is 2.36. The van der Waals surface area contributed by atoms with Crippen LogP contribution in [0.4, 0.5) is 0 Å². The van der Waals surface area contributed by atoms with Crippen LogP contribution in [0.1, 0.15) is 27.2 Å². The Hall–Kier alpha value is -1.52. The summed E-state index contributed by atoms with van der Waals surface area (Å²) in [7, 11) is -1.54. The Morgan fingerprint density at radius 2 is 1.75 bits per heavy atom. The lowest BCUT2D eigenvalue weighted by Gasteiger charge is -2.19. The molecule has 0 amide bonds. The molecule has 0 saturated carbocycles. The first-order valence-electron chi connectivity index (χ1n) is 6.89. The molecule has 0 saturated heterocycles. The average molecular weight is 272 g/mol. The molecule has 0 fully saturated rings. The number of benzene rings is 2. The SMILES string of the molecule is CC(C)(C)CCOc1ccc2ccccc2c1B(O)O. The molecule has 2 N–H and O–H groups in total. The maximum Gasteiger partial charge on any atom is 0.492 e. The molecule has 0 unspecified atom stereocenters. The minimum absolute atomic E-state index is 0.189. The molecule has 0 heterocycles. The third kappa shape index (κ3) is 3.53. The second-order valence-corrected chi connectivity index (χ2v) is 6.23. The fourth-order valence-corrected chi connectivity index (χ4v) is 2.13. The number of hydrogen-bond donors (Lipinski definition) is 2. The van der Waals surface area contributed by atoms with Crippen LogP contribution in [0.2, 0.25) is 0 Å². The van der Waals surface area contributed by atoms with Crippen molar-refractivity contribution in [2.24, 2.45) is 5.41 Å². The first kappa shape index (κ1) is 14.9. The summed E-state index contributed by atoms with van der Waals surface area (Å²) in [6.07, 6.45) is 0.904. The van der Waals surface area contributed by atoms with E-state index in [9.17, 15) is 10.0 Å². The molecule has 2 rings (SSSR count). The first-order chi connectivity index (χ1) is 9.38. The lowest BCUT2D eigenvalue weighted by atomic mass is 9.76. The van der Waals surface area contributed by atoms with Gasteiger partial charge in [-0.2, -0.15) is 0 Å². The molecule has 0 aliphatic rings. The van der Waals surface area contributed by atoms with Crippen LogP contribution in [0, 0.1) is 5.41 Å². The lowest BCUT2D eigenvalue weighted by Crippen LogP contribution is -2.32. The molecule has 0 aliphatic heterocycles. The Bertz CT molecular complexity index is 588. The summed E-state index contributed by atoms with van der Waals surface area (Å²) in [5.74, 6) is 0.544. The molecule has 2 aromatic rings. The molecule has 0 atom stereocenters. The van der Waals surface area contributed by atoms with Crippen LogP contribution in [-0.4, -0.2) is 23.8 Å². The molecule has 2 aromatic carbocycles. The Morgan fingerprint density at radius 1 is 1.05 bits per heavy atom. The standard InChI is InChI=1S/C16H21BO3/c1-16(2,3)10-11-20-14-9-8-12-6-4-5-7-13(12)15(14)17(18)19/h4-9,18-19H,10-11H2,1-3H3. The zero-order valence-corrected chi connectivity index (χ0v) is 12.3. The zero-order valence-electron chi connectivity index (χ0n) is 12.3. The van der Waals surface area contributed by atoms with Gasteiger partial charge < -0.3 is 14.8 Å². The second-order valence-electron chi connectivity index (χ2n) is 6.23. The predicted octanol–water partition coefficient (Wildman–Crippen LogP) is 2.33. The van der Waals surface area contributed by atoms with E-state index in [1.54, 1.807) is 6.07 Å². The Labute approximate surface area is 120 Å². The van der Waals surface area contributed by atoms with Crippen molar-refractivity contribution < 1.29 is 14.8 Å². The van der Waals surface area contributed by atoms with E-state index < -0.39 is 7.12 Å². The molecule has 0 aliphatic carbocycles. The van der Waals surface area contributed by atoms with E-state index in [-0.39, 0.29) is 5.41 Å². The highest BCUT2D eigenvalue weighted by molar-refractivity contribution is 6.63. The fraction of sp³-hybridized carbons (Fsp3) is 0.375. The van der Waals surface area contributed by atoms with Crippen LogP contribution in [0.15, 0.2) is 36.4 Å². The van der Waals surface area contributed by atoms with E-state index in [0.717, 1.165) is 17.2 Å². The van der Waals surface area contributed by atoms with Crippen molar-refractivity contribution in [3.05, 3.63) is 36.4 Å². The summed E-state index contributed by atoms with van der Waals surface area (Å²) in [5.41, 5.74) is 0.631. The molecule has 3 nitrogen and oxygen atoms in total. The van der Waals surface area contributed by atoms with Gasteiger partial charge in [0.05, 0.1) is 6.61 Å². The largest absolute Gasteiger partial charge is 0.494 e. The van der Waals surface area contributed by atoms with E-state index in [1.807, 2.05) is 30.3 Å². The summed E-state index contributed by atoms with van der Waals surface area (Å²) in [5, 5.41) is 21.1. The van der Waals surface area contributed by atoms with Crippen LogP contribution in [0.3, 0.4) is 0 Å². The molecule has 0 bridgehead atoms. The highest BCUT2D eigenvalue weighted by atomic mass is 16.5. The van der Waals surface area contributed by atoms with Gasteiger partial charge in [0.25, 0.3) is 0 Å². The molecule has 0 radical (unpaired) electrons. The van der Waals surface area contributed by atoms with E-state index in [4.69, 9.17) is 4.74 Å². The van der Waals surface area contributed by atoms with Crippen LogP contribution < -0.4 is 10.2 Å². The lowest BCUT2D eigenvalue weighted by molar-refractivity contribution is 0.244. The Kier molecular flexibility index (Phi) is 4.36. The first-order valence-corrected chi connectivity index (χ1v) is 6.89. The summed E-state index contributed by atoms with van der Waals surface area (Å²) in [6, 6.07) is 11.4. The maximum absolute atomic E-state index is 9.64. The van der Waals surface area contributed by atoms with Crippen LogP contribution in [0.25, 0.3) is 10.8 Å². The van der Waals surface area contributed by atoms with Crippen LogP contribution in [0.5, 0.6) is 5.75 Å². The van der Waals surface area contributed by atoms with Gasteiger partial charge in [0, 0.05) is 5.46 Å². The molecule has 4 heteroatoms. The highest BCUT2D eigenvalue weighted by Gasteiger charge is 2.21. The van der Waals surface area contributed by atoms with Crippen molar-refractivity contribution in [3.63, 3.8) is 0 Å². The number of rotatable bonds is 4. The third-order valence-corrected chi connectivity index (χ3v) is 3.30. The minimum Gasteiger partial charge on any atom is -0.494 e. The molecular formula is C16H21BO3. The zero-order chi connectivity index (χ0) is 14.8. The van der Waals surface area contributed by atoms with Gasteiger partial charge in [0.15, 0.2) is 0 Å². The third-order valence-electron chi connectivity index (χ3n) is 3.30. The molecule has 0 spiro atoms. The summed E-state index contributed by atoms with van der Waals surface area (Å²) >= 11 is 0. The number of ether oxygens (including phenoxy) is 1. The van der Waals surface area contributed by atoms with Crippen LogP contribution >= 0.6 is 0 Å². The molecular weight excluding hydrogens is 251 g/mol. The van der Waals surface area contributed by atoms with Gasteiger partial charge in [-0.15, -0.1) is 0 Å². The number of fused-ring (bicyclic) bond motifs is 1. The van der Waals surface area contributed by atoms with Gasteiger partial charge in [-0.1, -0.05) is 51.1 Å². The van der Waals surface area contributed by atoms with Crippen molar-refractivity contribution in [1.82, 2.24) is 0 Å². The van der Waals surface area contributed by atoms with Gasteiger partial charge in [0.1, 0.15) is 5.75 Å². The van der Waals surface area contributed by atoms with Crippen molar-refractivity contribution in [1.29, 1.82) is 0 Å². The topological polar surface area (TPSA) is 49.7 Å². The summed E-state index contributed by atoms with van der Waals surface area (Å²) < 4.78 is 5.76. The summed E-state index contributed by atoms with van der Waals surface area (Å²) in [6.45, 7) is 7.01. The smallest absolute Gasteiger partial charge is 0.492 e. The normalized spacial score (nSPS) is 11.7. The van der Waals surface area contributed by atoms with E-state index in [1.165, 1.54) is 0 Å². The van der Waals surface area contributed by atoms with Gasteiger partial charge in [0.2, 0.25) is 0 Å². The van der Waals surface area contributed by atoms with Gasteiger partial charge in [-0.25, -0.2) is 0 Å². The molecule has 106 valence electrons. The van der Waals surface area contributed by atoms with Crippen molar-refractivity contribution in [2.75, 3.05) is 6.61 Å². The maximum atomic E-state index is 9.64. The monoisotopic (exact) mass is 272 g/mol. The van der Waals surface area contributed by atoms with Gasteiger partial charge >= 0.3 is 7.12 Å². The van der Waals surface area contributed by atoms with Gasteiger partial charge in [-0.3, -0.25) is 0 Å². The highest BCUT2D eigenvalue weighted by Crippen LogP contribution is 2.22. The van der Waals surface area contributed by atoms with Crippen molar-refractivity contribution >= 4 is 23.4 Å². The Morgan fingerprint density at radius 3 is 2.40 bits per heavy atom.